The van der Waals surface area contributed by atoms with Crippen molar-refractivity contribution in [3.8, 4) is 46.0 Å². The second-order valence-electron chi connectivity index (χ2n) is 12.2. The van der Waals surface area contributed by atoms with E-state index in [0.29, 0.717) is 59.1 Å². The van der Waals surface area contributed by atoms with Gasteiger partial charge in [-0.15, -0.1) is 10.2 Å². The van der Waals surface area contributed by atoms with Crippen molar-refractivity contribution in [3.05, 3.63) is 108 Å². The summed E-state index contributed by atoms with van der Waals surface area (Å²) >= 11 is 0. The molecule has 0 amide bonds. The number of aryl methyl sites for hydroxylation is 2. The van der Waals surface area contributed by atoms with Crippen LogP contribution in [0.3, 0.4) is 0 Å². The lowest BCUT2D eigenvalue weighted by Crippen LogP contribution is -2.06. The number of methoxy groups -OCH3 is 4. The summed E-state index contributed by atoms with van der Waals surface area (Å²) in [5.74, 6) is 3.53. The highest BCUT2D eigenvalue weighted by Crippen LogP contribution is 2.36. The van der Waals surface area contributed by atoms with Crippen molar-refractivity contribution in [3.63, 3.8) is 0 Å². The zero-order chi connectivity index (χ0) is 37.6. The van der Waals surface area contributed by atoms with E-state index in [1.807, 2.05) is 48.5 Å². The van der Waals surface area contributed by atoms with E-state index in [2.05, 4.69) is 89.1 Å². The maximum absolute atomic E-state index is 5.42. The van der Waals surface area contributed by atoms with E-state index in [0.717, 1.165) is 32.9 Å². The Morgan fingerprint density at radius 1 is 0.500 bits per heavy atom. The molecule has 0 radical (unpaired) electrons. The van der Waals surface area contributed by atoms with Gasteiger partial charge in [0.25, 0.3) is 0 Å². The summed E-state index contributed by atoms with van der Waals surface area (Å²) in [4.78, 5) is 17.5. The molecule has 8 rings (SSSR count). The van der Waals surface area contributed by atoms with Gasteiger partial charge in [0.2, 0.25) is 11.6 Å². The first-order valence-corrected chi connectivity index (χ1v) is 16.8. The first kappa shape index (κ1) is 35.3. The Hall–Kier alpha value is -7.10. The largest absolute Gasteiger partial charge is 0.493 e. The predicted molar refractivity (Wildman–Crippen MR) is 199 cm³/mol. The Balaban J connectivity index is 0.000000167. The van der Waals surface area contributed by atoms with Gasteiger partial charge in [-0.2, -0.15) is 0 Å². The highest BCUT2D eigenvalue weighted by molar-refractivity contribution is 5.93. The molecule has 0 spiro atoms. The Bertz CT molecular complexity index is 2390. The summed E-state index contributed by atoms with van der Waals surface area (Å²) in [6.45, 7) is 5.20. The predicted octanol–water partition coefficient (Wildman–Crippen LogP) is 5.31. The number of hydrogen-bond acceptors (Lipinski definition) is 14. The molecule has 4 aromatic heterocycles. The van der Waals surface area contributed by atoms with Crippen LogP contribution in [-0.2, 0) is 13.1 Å². The third-order valence-corrected chi connectivity index (χ3v) is 8.60. The smallest absolute Gasteiger partial charge is 0.201 e. The average Bonchev–Trinajstić information content (AvgIpc) is 3.86. The van der Waals surface area contributed by atoms with Gasteiger partial charge in [-0.1, -0.05) is 59.7 Å². The standard InChI is InChI=1S/2C19H18N6O2/c2*1-12-5-4-6-13(7-12)10-25-19(22-23-24-25)18-14-8-16(26-2)17(27-3)9-15(14)20-11-21-18/h2*4-9,11H,10H2,1-3H3. The molecule has 272 valence electrons. The lowest BCUT2D eigenvalue weighted by Gasteiger charge is -2.11. The van der Waals surface area contributed by atoms with E-state index in [-0.39, 0.29) is 0 Å². The van der Waals surface area contributed by atoms with Crippen LogP contribution in [-0.4, -0.2) is 88.8 Å². The molecule has 0 aliphatic carbocycles. The molecule has 16 nitrogen and oxygen atoms in total. The second-order valence-corrected chi connectivity index (χ2v) is 12.2. The topological polar surface area (TPSA) is 176 Å². The Kier molecular flexibility index (Phi) is 10.2. The minimum absolute atomic E-state index is 0.544. The van der Waals surface area contributed by atoms with Crippen molar-refractivity contribution in [1.29, 1.82) is 0 Å². The minimum Gasteiger partial charge on any atom is -0.493 e. The summed E-state index contributed by atoms with van der Waals surface area (Å²) in [6.07, 6.45) is 2.99. The first-order valence-electron chi connectivity index (χ1n) is 16.8. The molecule has 0 saturated heterocycles. The second kappa shape index (κ2) is 15.6. The van der Waals surface area contributed by atoms with Gasteiger partial charge in [-0.05, 0) is 58.0 Å². The van der Waals surface area contributed by atoms with E-state index >= 15 is 0 Å². The van der Waals surface area contributed by atoms with Gasteiger partial charge in [0.05, 0.1) is 52.6 Å². The molecular formula is C38H36N12O4. The quantitative estimate of drug-likeness (QED) is 0.177. The molecule has 4 aromatic carbocycles. The van der Waals surface area contributed by atoms with E-state index in [4.69, 9.17) is 18.9 Å². The fourth-order valence-electron chi connectivity index (χ4n) is 6.05. The summed E-state index contributed by atoms with van der Waals surface area (Å²) in [5.41, 5.74) is 7.32. The van der Waals surface area contributed by atoms with Crippen molar-refractivity contribution in [2.24, 2.45) is 0 Å². The number of hydrogen-bond donors (Lipinski definition) is 0. The fraction of sp³-hybridized carbons (Fsp3) is 0.211. The molecule has 0 N–H and O–H groups in total. The molecule has 0 bridgehead atoms. The Labute approximate surface area is 309 Å². The zero-order valence-electron chi connectivity index (χ0n) is 30.5. The van der Waals surface area contributed by atoms with Crippen LogP contribution >= 0.6 is 0 Å². The normalized spacial score (nSPS) is 10.9. The molecule has 0 aliphatic rings. The number of tetrazole rings is 2. The number of nitrogens with zero attached hydrogens (tertiary/aromatic N) is 12. The number of benzene rings is 4. The van der Waals surface area contributed by atoms with Crippen LogP contribution in [0.25, 0.3) is 44.8 Å². The first-order chi connectivity index (χ1) is 26.4. The zero-order valence-corrected chi connectivity index (χ0v) is 30.5. The molecule has 0 unspecified atom stereocenters. The summed E-state index contributed by atoms with van der Waals surface area (Å²) < 4.78 is 25.0. The molecule has 16 heteroatoms. The van der Waals surface area contributed by atoms with Gasteiger partial charge in [0, 0.05) is 22.9 Å². The Morgan fingerprint density at radius 3 is 1.30 bits per heavy atom. The van der Waals surface area contributed by atoms with E-state index in [1.165, 1.54) is 23.8 Å². The van der Waals surface area contributed by atoms with Gasteiger partial charge in [-0.3, -0.25) is 0 Å². The van der Waals surface area contributed by atoms with Crippen LogP contribution in [0.2, 0.25) is 0 Å². The molecule has 0 atom stereocenters. The molecule has 8 aromatic rings. The molecular weight excluding hydrogens is 688 g/mol. The molecule has 0 fully saturated rings. The summed E-state index contributed by atoms with van der Waals surface area (Å²) in [7, 11) is 6.37. The summed E-state index contributed by atoms with van der Waals surface area (Å²) in [5, 5.41) is 25.9. The van der Waals surface area contributed by atoms with Gasteiger partial charge in [0.1, 0.15) is 24.0 Å². The number of rotatable bonds is 10. The van der Waals surface area contributed by atoms with Gasteiger partial charge >= 0.3 is 0 Å². The number of ether oxygens (including phenoxy) is 4. The molecule has 0 aliphatic heterocycles. The highest BCUT2D eigenvalue weighted by Gasteiger charge is 2.19. The SMILES string of the molecule is COc1cc2ncnc(-c3nnnn3Cc3cccc(C)c3)c2cc1OC.COc1cc2ncnc(-c3nnnn3Cc3cccc(C)c3)c2cc1OC. The maximum Gasteiger partial charge on any atom is 0.201 e. The molecule has 0 saturated carbocycles. The lowest BCUT2D eigenvalue weighted by atomic mass is 10.1. The third kappa shape index (κ3) is 7.30. The fourth-order valence-corrected chi connectivity index (χ4v) is 6.05. The van der Waals surface area contributed by atoms with Crippen molar-refractivity contribution < 1.29 is 18.9 Å². The van der Waals surface area contributed by atoms with Crippen LogP contribution in [0, 0.1) is 13.8 Å². The van der Waals surface area contributed by atoms with Crippen LogP contribution in [0.5, 0.6) is 23.0 Å². The number of fused-ring (bicyclic) bond motifs is 2. The van der Waals surface area contributed by atoms with Crippen molar-refractivity contribution in [2.75, 3.05) is 28.4 Å². The van der Waals surface area contributed by atoms with Crippen molar-refractivity contribution >= 4 is 21.8 Å². The van der Waals surface area contributed by atoms with Crippen LogP contribution in [0.1, 0.15) is 22.3 Å². The van der Waals surface area contributed by atoms with E-state index in [1.54, 1.807) is 37.8 Å². The van der Waals surface area contributed by atoms with Crippen LogP contribution < -0.4 is 18.9 Å². The van der Waals surface area contributed by atoms with Gasteiger partial charge in [0.15, 0.2) is 23.0 Å². The van der Waals surface area contributed by atoms with Crippen molar-refractivity contribution in [1.82, 2.24) is 60.4 Å². The monoisotopic (exact) mass is 724 g/mol. The third-order valence-electron chi connectivity index (χ3n) is 8.60. The van der Waals surface area contributed by atoms with Crippen molar-refractivity contribution in [2.45, 2.75) is 26.9 Å². The van der Waals surface area contributed by atoms with Gasteiger partial charge < -0.3 is 18.9 Å². The number of aromatic nitrogens is 12. The van der Waals surface area contributed by atoms with E-state index < -0.39 is 0 Å². The lowest BCUT2D eigenvalue weighted by molar-refractivity contribution is 0.356. The van der Waals surface area contributed by atoms with Crippen LogP contribution in [0.4, 0.5) is 0 Å². The minimum atomic E-state index is 0.544. The van der Waals surface area contributed by atoms with Crippen LogP contribution in [0.15, 0.2) is 85.5 Å². The maximum atomic E-state index is 5.42. The van der Waals surface area contributed by atoms with E-state index in [9.17, 15) is 0 Å². The average molecular weight is 725 g/mol. The Morgan fingerprint density at radius 2 is 0.907 bits per heavy atom. The molecule has 4 heterocycles. The highest BCUT2D eigenvalue weighted by atomic mass is 16.5. The van der Waals surface area contributed by atoms with Gasteiger partial charge in [-0.25, -0.2) is 29.3 Å². The molecule has 54 heavy (non-hydrogen) atoms. The summed E-state index contributed by atoms with van der Waals surface area (Å²) in [6, 6.07) is 23.8.